The van der Waals surface area contributed by atoms with E-state index in [9.17, 15) is 0 Å². The van der Waals surface area contributed by atoms with E-state index in [0.717, 1.165) is 32.6 Å². The summed E-state index contributed by atoms with van der Waals surface area (Å²) in [5.74, 6) is 1.71. The molecule has 1 heterocycles. The molecule has 0 fully saturated rings. The van der Waals surface area contributed by atoms with Crippen LogP contribution in [0.4, 0.5) is 0 Å². The smallest absolute Gasteiger partial charge is 0.132 e. The Labute approximate surface area is 161 Å². The second kappa shape index (κ2) is 7.17. The molecule has 124 valence electrons. The summed E-state index contributed by atoms with van der Waals surface area (Å²) in [6.45, 7) is 0. The van der Waals surface area contributed by atoms with Crippen molar-refractivity contribution in [1.82, 2.24) is 0 Å². The Bertz CT molecular complexity index is 920. The van der Waals surface area contributed by atoms with Crippen molar-refractivity contribution in [3.05, 3.63) is 100 Å². The van der Waals surface area contributed by atoms with Crippen LogP contribution in [-0.2, 0) is 0 Å². The molecule has 1 aliphatic rings. The summed E-state index contributed by atoms with van der Waals surface area (Å²) >= 11 is 14.0. The molecule has 25 heavy (non-hydrogen) atoms. The first-order valence-electron chi connectivity index (χ1n) is 7.86. The maximum atomic E-state index is 6.22. The lowest BCUT2D eigenvalue weighted by Gasteiger charge is -2.25. The van der Waals surface area contributed by atoms with Gasteiger partial charge >= 0.3 is 0 Å². The molecule has 3 aromatic carbocycles. The van der Waals surface area contributed by atoms with Crippen LogP contribution in [0.15, 0.2) is 83.8 Å². The molecule has 1 nitrogen and oxygen atoms in total. The van der Waals surface area contributed by atoms with Gasteiger partial charge < -0.3 is 4.74 Å². The molecule has 4 rings (SSSR count). The van der Waals surface area contributed by atoms with E-state index in [0.29, 0.717) is 5.02 Å². The molecule has 0 aliphatic carbocycles. The fraction of sp³-hybridized carbons (Fsp3) is 0.0476. The molecule has 0 radical (unpaired) electrons. The van der Waals surface area contributed by atoms with Crippen molar-refractivity contribution < 1.29 is 4.74 Å². The predicted molar refractivity (Wildman–Crippen MR) is 107 cm³/mol. The molecule has 1 unspecified atom stereocenters. The molecule has 0 amide bonds. The van der Waals surface area contributed by atoms with Gasteiger partial charge in [-0.1, -0.05) is 53.5 Å². The van der Waals surface area contributed by atoms with Crippen molar-refractivity contribution in [1.29, 1.82) is 0 Å². The summed E-state index contributed by atoms with van der Waals surface area (Å²) in [5.41, 5.74) is 2.14. The number of ether oxygens (including phenoxy) is 1. The number of hydrogen-bond donors (Lipinski definition) is 0. The van der Waals surface area contributed by atoms with E-state index in [-0.39, 0.29) is 5.25 Å². The molecule has 0 aromatic heterocycles. The van der Waals surface area contributed by atoms with E-state index >= 15 is 0 Å². The molecule has 0 N–H and O–H groups in total. The van der Waals surface area contributed by atoms with Crippen LogP contribution in [0.5, 0.6) is 5.75 Å². The molecular formula is C21H14Cl2OS. The molecule has 0 saturated heterocycles. The minimum absolute atomic E-state index is 0.110. The fourth-order valence-corrected chi connectivity index (χ4v) is 4.12. The van der Waals surface area contributed by atoms with Crippen molar-refractivity contribution in [2.45, 2.75) is 10.1 Å². The van der Waals surface area contributed by atoms with Crippen molar-refractivity contribution in [3.8, 4) is 5.75 Å². The quantitative estimate of drug-likeness (QED) is 0.469. The second-order valence-corrected chi connectivity index (χ2v) is 7.76. The van der Waals surface area contributed by atoms with Crippen LogP contribution in [0.25, 0.3) is 5.76 Å². The minimum atomic E-state index is 0.110. The number of halogens is 2. The number of fused-ring (bicyclic) bond motifs is 1. The van der Waals surface area contributed by atoms with Crippen LogP contribution in [-0.4, -0.2) is 0 Å². The Kier molecular flexibility index (Phi) is 4.76. The molecule has 1 atom stereocenters. The molecule has 4 heteroatoms. The SMILES string of the molecule is Clc1ccc(SC2C=C(c3ccccc3)Oc3ccc(Cl)cc32)cc1. The Hall–Kier alpha value is -1.87. The van der Waals surface area contributed by atoms with Crippen LogP contribution < -0.4 is 4.74 Å². The summed E-state index contributed by atoms with van der Waals surface area (Å²) in [4.78, 5) is 1.14. The van der Waals surface area contributed by atoms with E-state index < -0.39 is 0 Å². The third-order valence-corrected chi connectivity index (χ3v) is 5.61. The third-order valence-electron chi connectivity index (χ3n) is 3.94. The highest BCUT2D eigenvalue weighted by Gasteiger charge is 2.24. The van der Waals surface area contributed by atoms with Gasteiger partial charge in [0.15, 0.2) is 0 Å². The van der Waals surface area contributed by atoms with Crippen LogP contribution in [0.3, 0.4) is 0 Å². The fourth-order valence-electron chi connectivity index (χ4n) is 2.73. The van der Waals surface area contributed by atoms with Crippen molar-refractivity contribution in [2.75, 3.05) is 0 Å². The number of rotatable bonds is 3. The van der Waals surface area contributed by atoms with Gasteiger partial charge in [-0.15, -0.1) is 11.8 Å². The van der Waals surface area contributed by atoms with Crippen molar-refractivity contribution >= 4 is 40.7 Å². The Morgan fingerprint density at radius 2 is 1.52 bits per heavy atom. The highest BCUT2D eigenvalue weighted by molar-refractivity contribution is 7.99. The van der Waals surface area contributed by atoms with Crippen LogP contribution in [0.1, 0.15) is 16.4 Å². The van der Waals surface area contributed by atoms with Gasteiger partial charge in [-0.2, -0.15) is 0 Å². The molecule has 0 spiro atoms. The number of hydrogen-bond acceptors (Lipinski definition) is 2. The van der Waals surface area contributed by atoms with E-state index in [1.54, 1.807) is 11.8 Å². The number of benzene rings is 3. The van der Waals surface area contributed by atoms with Crippen LogP contribution >= 0.6 is 35.0 Å². The van der Waals surface area contributed by atoms with Crippen molar-refractivity contribution in [2.24, 2.45) is 0 Å². The number of thioether (sulfide) groups is 1. The highest BCUT2D eigenvalue weighted by atomic mass is 35.5. The van der Waals surface area contributed by atoms with Gasteiger partial charge in [-0.3, -0.25) is 0 Å². The maximum absolute atomic E-state index is 6.22. The second-order valence-electron chi connectivity index (χ2n) is 5.67. The zero-order valence-corrected chi connectivity index (χ0v) is 15.5. The van der Waals surface area contributed by atoms with Gasteiger partial charge in [-0.05, 0) is 48.5 Å². The lowest BCUT2D eigenvalue weighted by molar-refractivity contribution is 0.497. The third kappa shape index (κ3) is 3.72. The monoisotopic (exact) mass is 384 g/mol. The lowest BCUT2D eigenvalue weighted by atomic mass is 10.0. The first-order chi connectivity index (χ1) is 12.2. The highest BCUT2D eigenvalue weighted by Crippen LogP contribution is 2.46. The van der Waals surface area contributed by atoms with E-state index in [2.05, 4.69) is 18.2 Å². The summed E-state index contributed by atoms with van der Waals surface area (Å²) < 4.78 is 6.13. The molecule has 0 saturated carbocycles. The van der Waals surface area contributed by atoms with Crippen molar-refractivity contribution in [3.63, 3.8) is 0 Å². The van der Waals surface area contributed by atoms with E-state index in [1.807, 2.05) is 60.7 Å². The molecule has 1 aliphatic heterocycles. The van der Waals surface area contributed by atoms with E-state index in [1.165, 1.54) is 0 Å². The standard InChI is InChI=1S/C21H14Cl2OS/c22-15-6-9-17(10-7-15)25-21-13-20(14-4-2-1-3-5-14)24-19-11-8-16(23)12-18(19)21/h1-13,21H. The summed E-state index contributed by atoms with van der Waals surface area (Å²) in [6, 6.07) is 23.8. The lowest BCUT2D eigenvalue weighted by Crippen LogP contribution is -2.07. The van der Waals surface area contributed by atoms with Gasteiger partial charge in [0.2, 0.25) is 0 Å². The van der Waals surface area contributed by atoms with E-state index in [4.69, 9.17) is 27.9 Å². The van der Waals surface area contributed by atoms with Gasteiger partial charge in [0.05, 0.1) is 5.25 Å². The predicted octanol–water partition coefficient (Wildman–Crippen LogP) is 7.26. The van der Waals surface area contributed by atoms with Gasteiger partial charge in [-0.25, -0.2) is 0 Å². The molecular weight excluding hydrogens is 371 g/mol. The first-order valence-corrected chi connectivity index (χ1v) is 9.49. The van der Waals surface area contributed by atoms with Gasteiger partial charge in [0.25, 0.3) is 0 Å². The Balaban J connectivity index is 1.74. The van der Waals surface area contributed by atoms with Crippen LogP contribution in [0.2, 0.25) is 10.0 Å². The van der Waals surface area contributed by atoms with Gasteiger partial charge in [0, 0.05) is 26.1 Å². The molecule has 3 aromatic rings. The maximum Gasteiger partial charge on any atom is 0.132 e. The summed E-state index contributed by atoms with van der Waals surface area (Å²) in [5, 5.41) is 1.56. The van der Waals surface area contributed by atoms with Crippen LogP contribution in [0, 0.1) is 0 Å². The minimum Gasteiger partial charge on any atom is -0.457 e. The normalized spacial score (nSPS) is 15.9. The average molecular weight is 385 g/mol. The Morgan fingerprint density at radius 1 is 0.800 bits per heavy atom. The molecule has 0 bridgehead atoms. The first kappa shape index (κ1) is 16.6. The largest absolute Gasteiger partial charge is 0.457 e. The zero-order valence-electron chi connectivity index (χ0n) is 13.2. The Morgan fingerprint density at radius 3 is 2.28 bits per heavy atom. The summed E-state index contributed by atoms with van der Waals surface area (Å²) in [7, 11) is 0. The average Bonchev–Trinajstić information content (AvgIpc) is 2.64. The van der Waals surface area contributed by atoms with Gasteiger partial charge in [0.1, 0.15) is 11.5 Å². The zero-order chi connectivity index (χ0) is 17.2. The topological polar surface area (TPSA) is 9.23 Å². The summed E-state index contributed by atoms with van der Waals surface area (Å²) in [6.07, 6.45) is 2.15.